The highest BCUT2D eigenvalue weighted by Crippen LogP contribution is 2.30. The predicted octanol–water partition coefficient (Wildman–Crippen LogP) is 2.96. The fraction of sp³-hybridized carbons (Fsp3) is 0.846. The van der Waals surface area contributed by atoms with E-state index in [9.17, 15) is 13.2 Å². The molecule has 0 aromatic heterocycles. The Labute approximate surface area is 107 Å². The fourth-order valence-electron chi connectivity index (χ4n) is 2.22. The highest BCUT2D eigenvalue weighted by molar-refractivity contribution is 5.13. The van der Waals surface area contributed by atoms with E-state index in [1.54, 1.807) is 0 Å². The predicted molar refractivity (Wildman–Crippen MR) is 67.6 cm³/mol. The topological polar surface area (TPSA) is 15.3 Å². The van der Waals surface area contributed by atoms with Crippen molar-refractivity contribution in [3.05, 3.63) is 11.6 Å². The Kier molecular flexibility index (Phi) is 6.15. The first-order valence-corrected chi connectivity index (χ1v) is 6.66. The summed E-state index contributed by atoms with van der Waals surface area (Å²) in [6.07, 6.45) is -0.574. The van der Waals surface area contributed by atoms with Crippen LogP contribution in [0.4, 0.5) is 13.2 Å². The lowest BCUT2D eigenvalue weighted by Crippen LogP contribution is -2.38. The van der Waals surface area contributed by atoms with Gasteiger partial charge in [0.25, 0.3) is 0 Å². The van der Waals surface area contributed by atoms with Crippen molar-refractivity contribution in [1.29, 1.82) is 0 Å². The van der Waals surface area contributed by atoms with Gasteiger partial charge in [-0.2, -0.15) is 13.2 Å². The van der Waals surface area contributed by atoms with Crippen LogP contribution in [0, 0.1) is 0 Å². The van der Waals surface area contributed by atoms with Gasteiger partial charge in [-0.15, -0.1) is 0 Å². The van der Waals surface area contributed by atoms with Crippen molar-refractivity contribution in [3.8, 4) is 0 Å². The Hall–Kier alpha value is -0.550. The van der Waals surface area contributed by atoms with E-state index in [0.29, 0.717) is 19.1 Å². The van der Waals surface area contributed by atoms with Gasteiger partial charge >= 0.3 is 6.18 Å². The highest BCUT2D eigenvalue weighted by atomic mass is 19.4. The molecule has 1 heterocycles. The van der Waals surface area contributed by atoms with Crippen molar-refractivity contribution in [3.63, 3.8) is 0 Å². The molecular formula is C13H23F3N2. The molecule has 0 aliphatic carbocycles. The molecule has 1 aliphatic heterocycles. The van der Waals surface area contributed by atoms with Gasteiger partial charge < -0.3 is 5.32 Å². The molecular weight excluding hydrogens is 241 g/mol. The summed E-state index contributed by atoms with van der Waals surface area (Å²) in [4.78, 5) is 2.13. The van der Waals surface area contributed by atoms with Gasteiger partial charge in [-0.05, 0) is 39.3 Å². The van der Waals surface area contributed by atoms with E-state index in [-0.39, 0.29) is 12.0 Å². The Balaban J connectivity index is 2.31. The van der Waals surface area contributed by atoms with Crippen LogP contribution in [0.15, 0.2) is 11.6 Å². The van der Waals surface area contributed by atoms with E-state index < -0.39 is 6.18 Å². The van der Waals surface area contributed by atoms with E-state index in [1.165, 1.54) is 6.08 Å². The summed E-state index contributed by atoms with van der Waals surface area (Å²) in [5.74, 6) is 0. The monoisotopic (exact) mass is 264 g/mol. The van der Waals surface area contributed by atoms with Crippen LogP contribution < -0.4 is 5.32 Å². The highest BCUT2D eigenvalue weighted by Gasteiger charge is 2.35. The summed E-state index contributed by atoms with van der Waals surface area (Å²) in [6, 6.07) is 0.356. The summed E-state index contributed by atoms with van der Waals surface area (Å²) in [7, 11) is 0. The van der Waals surface area contributed by atoms with E-state index in [4.69, 9.17) is 0 Å². The molecule has 0 aromatic rings. The lowest BCUT2D eigenvalue weighted by Gasteiger charge is -2.32. The van der Waals surface area contributed by atoms with Crippen LogP contribution >= 0.6 is 0 Å². The summed E-state index contributed by atoms with van der Waals surface area (Å²) >= 11 is 0. The van der Waals surface area contributed by atoms with E-state index >= 15 is 0 Å². The maximum Gasteiger partial charge on any atom is 0.412 e. The molecule has 0 saturated carbocycles. The average molecular weight is 264 g/mol. The summed E-state index contributed by atoms with van der Waals surface area (Å²) in [5, 5.41) is 3.25. The quantitative estimate of drug-likeness (QED) is 0.586. The Morgan fingerprint density at radius 1 is 1.44 bits per heavy atom. The Bertz CT molecular complexity index is 274. The van der Waals surface area contributed by atoms with Crippen LogP contribution in [0.1, 0.15) is 33.1 Å². The first-order valence-electron chi connectivity index (χ1n) is 6.66. The molecule has 0 radical (unpaired) electrons. The van der Waals surface area contributed by atoms with Crippen molar-refractivity contribution in [2.75, 3.05) is 26.2 Å². The molecule has 1 N–H and O–H groups in total. The van der Waals surface area contributed by atoms with Gasteiger partial charge in [0.05, 0.1) is 0 Å². The van der Waals surface area contributed by atoms with Crippen LogP contribution in [0.25, 0.3) is 0 Å². The summed E-state index contributed by atoms with van der Waals surface area (Å²) < 4.78 is 37.4. The SMILES string of the molecule is CCNCCCC(C)N1CC=C(C(F)(F)F)CC1. The molecule has 1 rings (SSSR count). The van der Waals surface area contributed by atoms with Gasteiger partial charge in [-0.25, -0.2) is 0 Å². The number of nitrogens with zero attached hydrogens (tertiary/aromatic N) is 1. The number of rotatable bonds is 6. The second-order valence-electron chi connectivity index (χ2n) is 4.82. The Morgan fingerprint density at radius 3 is 2.67 bits per heavy atom. The molecule has 0 aromatic carbocycles. The smallest absolute Gasteiger partial charge is 0.317 e. The van der Waals surface area contributed by atoms with Crippen molar-refractivity contribution >= 4 is 0 Å². The van der Waals surface area contributed by atoms with Crippen molar-refractivity contribution in [2.45, 2.75) is 45.3 Å². The van der Waals surface area contributed by atoms with Crippen LogP contribution in [-0.4, -0.2) is 43.3 Å². The third-order valence-electron chi connectivity index (χ3n) is 3.45. The van der Waals surface area contributed by atoms with Crippen LogP contribution in [0.5, 0.6) is 0 Å². The zero-order valence-corrected chi connectivity index (χ0v) is 11.2. The molecule has 0 spiro atoms. The molecule has 5 heteroatoms. The number of halogens is 3. The minimum atomic E-state index is -4.14. The summed E-state index contributed by atoms with van der Waals surface area (Å²) in [5.41, 5.74) is -0.362. The lowest BCUT2D eigenvalue weighted by atomic mass is 10.0. The number of hydrogen-bond acceptors (Lipinski definition) is 2. The number of nitrogens with one attached hydrogen (secondary N) is 1. The first kappa shape index (κ1) is 15.5. The third-order valence-corrected chi connectivity index (χ3v) is 3.45. The molecule has 0 saturated heterocycles. The first-order chi connectivity index (χ1) is 8.45. The van der Waals surface area contributed by atoms with Gasteiger partial charge in [0.15, 0.2) is 0 Å². The van der Waals surface area contributed by atoms with Gasteiger partial charge in [0.1, 0.15) is 0 Å². The van der Waals surface area contributed by atoms with Crippen molar-refractivity contribution in [1.82, 2.24) is 10.2 Å². The Morgan fingerprint density at radius 2 is 2.17 bits per heavy atom. The van der Waals surface area contributed by atoms with Gasteiger partial charge in [0.2, 0.25) is 0 Å². The molecule has 1 unspecified atom stereocenters. The van der Waals surface area contributed by atoms with Crippen molar-refractivity contribution in [2.24, 2.45) is 0 Å². The lowest BCUT2D eigenvalue weighted by molar-refractivity contribution is -0.0963. The maximum absolute atomic E-state index is 12.5. The van der Waals surface area contributed by atoms with Gasteiger partial charge in [0, 0.05) is 24.7 Å². The second-order valence-corrected chi connectivity index (χ2v) is 4.82. The molecule has 0 fully saturated rings. The third kappa shape index (κ3) is 4.98. The average Bonchev–Trinajstić information content (AvgIpc) is 2.33. The number of hydrogen-bond donors (Lipinski definition) is 1. The largest absolute Gasteiger partial charge is 0.412 e. The molecule has 0 bridgehead atoms. The molecule has 2 nitrogen and oxygen atoms in total. The zero-order valence-electron chi connectivity index (χ0n) is 11.2. The van der Waals surface area contributed by atoms with Crippen molar-refractivity contribution < 1.29 is 13.2 Å². The molecule has 1 aliphatic rings. The van der Waals surface area contributed by atoms with Gasteiger partial charge in [-0.1, -0.05) is 13.0 Å². The summed E-state index contributed by atoms with van der Waals surface area (Å²) in [6.45, 7) is 7.06. The van der Waals surface area contributed by atoms with E-state index in [1.807, 2.05) is 0 Å². The van der Waals surface area contributed by atoms with Crippen LogP contribution in [0.3, 0.4) is 0 Å². The van der Waals surface area contributed by atoms with Crippen LogP contribution in [0.2, 0.25) is 0 Å². The molecule has 0 amide bonds. The maximum atomic E-state index is 12.5. The fourth-order valence-corrected chi connectivity index (χ4v) is 2.22. The van der Waals surface area contributed by atoms with Crippen LogP contribution in [-0.2, 0) is 0 Å². The zero-order chi connectivity index (χ0) is 13.6. The van der Waals surface area contributed by atoms with Gasteiger partial charge in [-0.3, -0.25) is 4.90 Å². The molecule has 1 atom stereocenters. The second kappa shape index (κ2) is 7.14. The standard InChI is InChI=1S/C13H23F3N2/c1-3-17-8-4-5-11(2)18-9-6-12(7-10-18)13(14,15)16/h6,11,17H,3-5,7-10H2,1-2H3. The van der Waals surface area contributed by atoms with E-state index in [0.717, 1.165) is 25.9 Å². The number of alkyl halides is 3. The normalized spacial score (nSPS) is 19.7. The molecule has 18 heavy (non-hydrogen) atoms. The minimum Gasteiger partial charge on any atom is -0.317 e. The molecule has 106 valence electrons. The van der Waals surface area contributed by atoms with E-state index in [2.05, 4.69) is 24.1 Å². The minimum absolute atomic E-state index is 0.126.